The van der Waals surface area contributed by atoms with E-state index in [1.807, 2.05) is 0 Å². The average molecular weight is 1200 g/mol. The van der Waals surface area contributed by atoms with Crippen molar-refractivity contribution in [2.45, 2.75) is 132 Å². The normalized spacial score (nSPS) is 13.6. The molecule has 15 rings (SSSR count). The van der Waals surface area contributed by atoms with E-state index in [2.05, 4.69) is 353 Å². The van der Waals surface area contributed by atoms with Gasteiger partial charge < -0.3 is 18.9 Å². The first-order valence-electron chi connectivity index (χ1n) is 33.3. The second-order valence-corrected chi connectivity index (χ2v) is 31.7. The fourth-order valence-electron chi connectivity index (χ4n) is 15.1. The zero-order valence-corrected chi connectivity index (χ0v) is 56.5. The van der Waals surface area contributed by atoms with E-state index < -0.39 is 0 Å². The standard InChI is InChI=1S/C87H85BN4/c1-83(2,3)54-55-46-80-82-81(47-55)92(73-33-25-23-31-65(73)57-28-20-17-21-29-57)79-53-63(90-76-44-36-60(86(10,11)12)50-68(76)69-51-61(87(13,14)15)37-45-77(69)90)39-41-71(79)88(82)70-40-38-62(52-78(70)91(80)72-32-24-22-30-64(72)56-26-18-16-19-27-56)89-74-42-34-58(84(4,5)6)48-66(74)67-49-59(85(7,8)9)35-43-75(67)89/h16-53H,54H2,1-15H3. The zero-order chi connectivity index (χ0) is 64.1. The second kappa shape index (κ2) is 21.1. The van der Waals surface area contributed by atoms with Gasteiger partial charge >= 0.3 is 0 Å². The summed E-state index contributed by atoms with van der Waals surface area (Å²) in [6, 6.07) is 89.1. The van der Waals surface area contributed by atoms with Crippen LogP contribution in [0.15, 0.2) is 231 Å². The number of para-hydroxylation sites is 2. The third kappa shape index (κ3) is 9.88. The molecule has 5 heteroatoms. The molecule has 2 aliphatic rings. The average Bonchev–Trinajstić information content (AvgIpc) is 0.750. The molecule has 456 valence electrons. The topological polar surface area (TPSA) is 16.3 Å². The van der Waals surface area contributed by atoms with E-state index in [0.717, 1.165) is 29.2 Å². The summed E-state index contributed by atoms with van der Waals surface area (Å²) < 4.78 is 5.10. The monoisotopic (exact) mass is 1200 g/mol. The predicted octanol–water partition coefficient (Wildman–Crippen LogP) is 22.1. The zero-order valence-electron chi connectivity index (χ0n) is 56.5. The van der Waals surface area contributed by atoms with E-state index in [9.17, 15) is 0 Å². The highest BCUT2D eigenvalue weighted by Gasteiger charge is 2.45. The van der Waals surface area contributed by atoms with Crippen molar-refractivity contribution in [3.8, 4) is 33.6 Å². The van der Waals surface area contributed by atoms with Crippen LogP contribution < -0.4 is 26.2 Å². The summed E-state index contributed by atoms with van der Waals surface area (Å²) in [6.45, 7) is 35.0. The summed E-state index contributed by atoms with van der Waals surface area (Å²) >= 11 is 0. The lowest BCUT2D eigenvalue weighted by atomic mass is 9.33. The number of rotatable bonds is 7. The van der Waals surface area contributed by atoms with Gasteiger partial charge in [-0.25, -0.2) is 0 Å². The van der Waals surface area contributed by atoms with Crippen LogP contribution in [0.5, 0.6) is 0 Å². The smallest absolute Gasteiger partial charge is 0.252 e. The second-order valence-electron chi connectivity index (χ2n) is 31.7. The molecule has 13 aromatic rings. The summed E-state index contributed by atoms with van der Waals surface area (Å²) in [4.78, 5) is 5.31. The number of nitrogens with zero attached hydrogens (tertiary/aromatic N) is 4. The minimum Gasteiger partial charge on any atom is -0.311 e. The van der Waals surface area contributed by atoms with E-state index in [0.29, 0.717) is 0 Å². The van der Waals surface area contributed by atoms with Crippen molar-refractivity contribution in [1.29, 1.82) is 0 Å². The highest BCUT2D eigenvalue weighted by atomic mass is 15.2. The first-order valence-corrected chi connectivity index (χ1v) is 33.3. The Bertz CT molecular complexity index is 4650. The Hall–Kier alpha value is -9.32. The molecule has 0 unspecified atom stereocenters. The molecule has 0 saturated heterocycles. The van der Waals surface area contributed by atoms with Gasteiger partial charge in [0.25, 0.3) is 6.71 Å². The largest absolute Gasteiger partial charge is 0.311 e. The van der Waals surface area contributed by atoms with Gasteiger partial charge in [-0.3, -0.25) is 0 Å². The summed E-state index contributed by atoms with van der Waals surface area (Å²) in [5.74, 6) is 0. The number of fused-ring (bicyclic) bond motifs is 10. The van der Waals surface area contributed by atoms with Crippen molar-refractivity contribution in [3.05, 3.63) is 258 Å². The van der Waals surface area contributed by atoms with Gasteiger partial charge in [0.1, 0.15) is 0 Å². The maximum Gasteiger partial charge on any atom is 0.252 e. The lowest BCUT2D eigenvalue weighted by molar-refractivity contribution is 0.411. The molecule has 4 heterocycles. The number of hydrogen-bond acceptors (Lipinski definition) is 2. The van der Waals surface area contributed by atoms with Gasteiger partial charge in [-0.15, -0.1) is 0 Å². The van der Waals surface area contributed by atoms with Crippen molar-refractivity contribution in [2.75, 3.05) is 9.80 Å². The van der Waals surface area contributed by atoms with Gasteiger partial charge in [0.2, 0.25) is 0 Å². The Kier molecular flexibility index (Phi) is 13.5. The minimum atomic E-state index is -0.138. The Balaban J connectivity index is 1.06. The lowest BCUT2D eigenvalue weighted by Gasteiger charge is -2.45. The molecule has 0 bridgehead atoms. The molecule has 11 aromatic carbocycles. The highest BCUT2D eigenvalue weighted by molar-refractivity contribution is 7.00. The first-order chi connectivity index (χ1) is 43.8. The quantitative estimate of drug-likeness (QED) is 0.148. The van der Waals surface area contributed by atoms with Crippen LogP contribution >= 0.6 is 0 Å². The third-order valence-electron chi connectivity index (χ3n) is 19.8. The summed E-state index contributed by atoms with van der Waals surface area (Å²) in [5, 5.41) is 5.13. The SMILES string of the molecule is CC(C)(C)Cc1cc2c3c(c1)N(c1ccccc1-c1ccccc1)c1cc(-n4c5ccc(C(C)(C)C)cc5c5cc(C(C)(C)C)ccc54)ccc1B3c1ccc(-n3c4ccc(C(C)(C)C)cc4c4cc(C(C)(C)C)ccc43)cc1N2c1ccccc1-c1ccccc1. The number of anilines is 6. The van der Waals surface area contributed by atoms with Crippen LogP contribution in [0.3, 0.4) is 0 Å². The predicted molar refractivity (Wildman–Crippen MR) is 398 cm³/mol. The molecule has 0 amide bonds. The molecule has 0 radical (unpaired) electrons. The molecule has 0 saturated carbocycles. The van der Waals surface area contributed by atoms with E-state index in [1.165, 1.54) is 133 Å². The maximum absolute atomic E-state index is 2.66. The van der Waals surface area contributed by atoms with E-state index in [-0.39, 0.29) is 33.8 Å². The molecule has 0 atom stereocenters. The van der Waals surface area contributed by atoms with E-state index in [1.54, 1.807) is 0 Å². The minimum absolute atomic E-state index is 0.0210. The molecule has 2 aromatic heterocycles. The van der Waals surface area contributed by atoms with Crippen LogP contribution in [0.2, 0.25) is 0 Å². The van der Waals surface area contributed by atoms with Crippen LogP contribution in [0.1, 0.15) is 132 Å². The summed E-state index contributed by atoms with van der Waals surface area (Å²) in [7, 11) is 0. The molecule has 2 aliphatic heterocycles. The summed E-state index contributed by atoms with van der Waals surface area (Å²) in [6.07, 6.45) is 0.878. The van der Waals surface area contributed by atoms with Gasteiger partial charge in [0.05, 0.1) is 33.4 Å². The lowest BCUT2D eigenvalue weighted by Crippen LogP contribution is -2.61. The molecule has 0 spiro atoms. The van der Waals surface area contributed by atoms with Gasteiger partial charge in [-0.2, -0.15) is 0 Å². The molecule has 92 heavy (non-hydrogen) atoms. The van der Waals surface area contributed by atoms with Gasteiger partial charge in [0, 0.05) is 66.8 Å². The van der Waals surface area contributed by atoms with Crippen LogP contribution in [-0.4, -0.2) is 15.8 Å². The molecular weight excluding hydrogens is 1110 g/mol. The van der Waals surface area contributed by atoms with E-state index in [4.69, 9.17) is 0 Å². The third-order valence-corrected chi connectivity index (χ3v) is 19.8. The fraction of sp³-hybridized carbons (Fsp3) is 0.241. The Morgan fingerprint density at radius 2 is 0.620 bits per heavy atom. The molecule has 0 fully saturated rings. The van der Waals surface area contributed by atoms with Crippen LogP contribution in [0, 0.1) is 5.41 Å². The van der Waals surface area contributed by atoms with Crippen molar-refractivity contribution < 1.29 is 0 Å². The Morgan fingerprint density at radius 3 is 0.946 bits per heavy atom. The van der Waals surface area contributed by atoms with Crippen LogP contribution in [0.25, 0.3) is 77.2 Å². The number of aromatic nitrogens is 2. The van der Waals surface area contributed by atoms with Crippen molar-refractivity contribution in [2.24, 2.45) is 5.41 Å². The number of hydrogen-bond donors (Lipinski definition) is 0. The number of benzene rings is 11. The van der Waals surface area contributed by atoms with Crippen LogP contribution in [0.4, 0.5) is 34.1 Å². The highest BCUT2D eigenvalue weighted by Crippen LogP contribution is 2.51. The van der Waals surface area contributed by atoms with Crippen molar-refractivity contribution in [1.82, 2.24) is 9.13 Å². The molecule has 0 N–H and O–H groups in total. The molecular formula is C87H85BN4. The Labute approximate surface area is 545 Å². The van der Waals surface area contributed by atoms with Crippen molar-refractivity contribution in [3.63, 3.8) is 0 Å². The van der Waals surface area contributed by atoms with Gasteiger partial charge in [-0.05, 0) is 186 Å². The van der Waals surface area contributed by atoms with Gasteiger partial charge in [0.15, 0.2) is 0 Å². The first kappa shape index (κ1) is 59.0. The van der Waals surface area contributed by atoms with Crippen molar-refractivity contribution >= 4 is 101 Å². The molecule has 0 aliphatic carbocycles. The van der Waals surface area contributed by atoms with Gasteiger partial charge in [-0.1, -0.05) is 237 Å². The maximum atomic E-state index is 2.66. The van der Waals surface area contributed by atoms with E-state index >= 15 is 0 Å². The Morgan fingerprint density at radius 1 is 0.293 bits per heavy atom. The molecule has 4 nitrogen and oxygen atoms in total. The summed E-state index contributed by atoms with van der Waals surface area (Å²) in [5.41, 5.74) is 29.2. The van der Waals surface area contributed by atoms with Crippen LogP contribution in [-0.2, 0) is 28.1 Å². The fourth-order valence-corrected chi connectivity index (χ4v) is 15.1.